The summed E-state index contributed by atoms with van der Waals surface area (Å²) in [5.41, 5.74) is 1.30. The zero-order chi connectivity index (χ0) is 20.5. The van der Waals surface area contributed by atoms with Gasteiger partial charge in [0.2, 0.25) is 17.7 Å². The van der Waals surface area contributed by atoms with Gasteiger partial charge in [0, 0.05) is 18.7 Å². The molecule has 28 heavy (non-hydrogen) atoms. The predicted octanol–water partition coefficient (Wildman–Crippen LogP) is 1.55. The minimum absolute atomic E-state index is 0.0186. The van der Waals surface area contributed by atoms with Gasteiger partial charge in [-0.25, -0.2) is 0 Å². The molecule has 1 aromatic rings. The molecule has 3 amide bonds. The van der Waals surface area contributed by atoms with Gasteiger partial charge in [0.15, 0.2) is 0 Å². The van der Waals surface area contributed by atoms with Crippen LogP contribution in [0.4, 0.5) is 5.69 Å². The first-order chi connectivity index (χ1) is 13.4. The molecule has 3 N–H and O–H groups in total. The zero-order valence-corrected chi connectivity index (χ0v) is 16.1. The van der Waals surface area contributed by atoms with Gasteiger partial charge in [-0.1, -0.05) is 19.1 Å². The molecule has 0 bridgehead atoms. The van der Waals surface area contributed by atoms with E-state index in [1.165, 1.54) is 0 Å². The Bertz CT molecular complexity index is 717. The molecular formula is C20H27N3O5. The van der Waals surface area contributed by atoms with E-state index in [9.17, 15) is 19.2 Å². The Morgan fingerprint density at radius 3 is 2.50 bits per heavy atom. The molecule has 1 fully saturated rings. The summed E-state index contributed by atoms with van der Waals surface area (Å²) in [4.78, 5) is 48.8. The van der Waals surface area contributed by atoms with Crippen LogP contribution in [-0.4, -0.2) is 52.8 Å². The lowest BCUT2D eigenvalue weighted by atomic mass is 10.0. The van der Waals surface area contributed by atoms with Crippen molar-refractivity contribution in [1.82, 2.24) is 10.2 Å². The molecule has 8 nitrogen and oxygen atoms in total. The monoisotopic (exact) mass is 389 g/mol. The van der Waals surface area contributed by atoms with Crippen LogP contribution in [-0.2, 0) is 25.6 Å². The smallest absolute Gasteiger partial charge is 0.322 e. The Morgan fingerprint density at radius 2 is 1.86 bits per heavy atom. The summed E-state index contributed by atoms with van der Waals surface area (Å²) in [5, 5.41) is 13.7. The number of hydrogen-bond acceptors (Lipinski definition) is 4. The van der Waals surface area contributed by atoms with Crippen molar-refractivity contribution in [3.05, 3.63) is 29.8 Å². The van der Waals surface area contributed by atoms with Crippen molar-refractivity contribution in [2.75, 3.05) is 18.4 Å². The third kappa shape index (κ3) is 6.37. The van der Waals surface area contributed by atoms with Crippen LogP contribution in [0.3, 0.4) is 0 Å². The van der Waals surface area contributed by atoms with Gasteiger partial charge >= 0.3 is 5.97 Å². The highest BCUT2D eigenvalue weighted by Crippen LogP contribution is 2.20. The number of likely N-dealkylation sites (tertiary alicyclic amines) is 1. The van der Waals surface area contributed by atoms with Crippen LogP contribution < -0.4 is 10.6 Å². The third-order valence-electron chi connectivity index (χ3n) is 4.61. The van der Waals surface area contributed by atoms with Gasteiger partial charge in [-0.15, -0.1) is 0 Å². The van der Waals surface area contributed by atoms with Crippen molar-refractivity contribution >= 4 is 29.4 Å². The summed E-state index contributed by atoms with van der Waals surface area (Å²) in [6.45, 7) is 2.14. The number of carbonyl (C=O) groups is 4. The number of amides is 3. The number of carbonyl (C=O) groups excluding carboxylic acids is 3. The zero-order valence-electron chi connectivity index (χ0n) is 16.1. The second kappa shape index (κ2) is 10.4. The molecule has 8 heteroatoms. The van der Waals surface area contributed by atoms with E-state index in [1.807, 2.05) is 6.92 Å². The molecule has 1 unspecified atom stereocenters. The van der Waals surface area contributed by atoms with E-state index in [0.29, 0.717) is 30.6 Å². The van der Waals surface area contributed by atoms with Crippen LogP contribution in [0.15, 0.2) is 24.3 Å². The summed E-state index contributed by atoms with van der Waals surface area (Å²) >= 11 is 0. The van der Waals surface area contributed by atoms with Gasteiger partial charge in [0.05, 0.1) is 6.42 Å². The standard InChI is InChI=1S/C20H27N3O5/c1-2-5-18(25)23-11-4-3-6-16(23)20(28)22-15-9-7-14(8-10-15)12-17(24)21-13-19(26)27/h7-10,16H,2-6,11-13H2,1H3,(H,21,24)(H,22,28)(H,26,27). The number of carboxylic acid groups (broad SMARTS) is 1. The second-order valence-corrected chi connectivity index (χ2v) is 6.88. The lowest BCUT2D eigenvalue weighted by Gasteiger charge is -2.34. The summed E-state index contributed by atoms with van der Waals surface area (Å²) in [6, 6.07) is 6.35. The normalized spacial score (nSPS) is 16.3. The Hall–Kier alpha value is -2.90. The van der Waals surface area contributed by atoms with Crippen molar-refractivity contribution < 1.29 is 24.3 Å². The van der Waals surface area contributed by atoms with Crippen molar-refractivity contribution in [1.29, 1.82) is 0 Å². The lowest BCUT2D eigenvalue weighted by molar-refractivity contribution is -0.140. The van der Waals surface area contributed by atoms with Gasteiger partial charge in [-0.05, 0) is 43.4 Å². The van der Waals surface area contributed by atoms with Gasteiger partial charge in [0.25, 0.3) is 0 Å². The minimum atomic E-state index is -1.10. The summed E-state index contributed by atoms with van der Waals surface area (Å²) < 4.78 is 0. The molecule has 1 aliphatic heterocycles. The van der Waals surface area contributed by atoms with Gasteiger partial charge in [0.1, 0.15) is 12.6 Å². The summed E-state index contributed by atoms with van der Waals surface area (Å²) in [7, 11) is 0. The van der Waals surface area contributed by atoms with Crippen LogP contribution in [0, 0.1) is 0 Å². The van der Waals surface area contributed by atoms with Gasteiger partial charge in [-0.2, -0.15) is 0 Å². The van der Waals surface area contributed by atoms with E-state index >= 15 is 0 Å². The molecule has 2 rings (SSSR count). The Balaban J connectivity index is 1.93. The molecule has 0 aliphatic carbocycles. The molecule has 0 saturated carbocycles. The van der Waals surface area contributed by atoms with Gasteiger partial charge in [-0.3, -0.25) is 19.2 Å². The molecule has 1 atom stereocenters. The molecular weight excluding hydrogens is 362 g/mol. The Labute approximate surface area is 164 Å². The Morgan fingerprint density at radius 1 is 1.14 bits per heavy atom. The fourth-order valence-corrected chi connectivity index (χ4v) is 3.21. The number of piperidine rings is 1. The first kappa shape index (κ1) is 21.4. The fraction of sp³-hybridized carbons (Fsp3) is 0.500. The first-order valence-electron chi connectivity index (χ1n) is 9.58. The summed E-state index contributed by atoms with van der Waals surface area (Å²) in [6.07, 6.45) is 3.75. The maximum Gasteiger partial charge on any atom is 0.322 e. The van der Waals surface area contributed by atoms with E-state index in [-0.39, 0.29) is 24.1 Å². The maximum absolute atomic E-state index is 12.7. The number of hydrogen-bond donors (Lipinski definition) is 3. The van der Waals surface area contributed by atoms with Crippen LogP contribution in [0.25, 0.3) is 0 Å². The van der Waals surface area contributed by atoms with Crippen molar-refractivity contribution in [3.8, 4) is 0 Å². The van der Waals surface area contributed by atoms with Crippen molar-refractivity contribution in [2.24, 2.45) is 0 Å². The maximum atomic E-state index is 12.7. The fourth-order valence-electron chi connectivity index (χ4n) is 3.21. The van der Waals surface area contributed by atoms with Crippen LogP contribution in [0.2, 0.25) is 0 Å². The molecule has 1 aliphatic rings. The number of aliphatic carboxylic acids is 1. The molecule has 1 saturated heterocycles. The van der Waals surface area contributed by atoms with Crippen LogP contribution in [0.5, 0.6) is 0 Å². The van der Waals surface area contributed by atoms with Crippen LogP contribution >= 0.6 is 0 Å². The van der Waals surface area contributed by atoms with Crippen molar-refractivity contribution in [3.63, 3.8) is 0 Å². The second-order valence-electron chi connectivity index (χ2n) is 6.88. The number of nitrogens with zero attached hydrogens (tertiary/aromatic N) is 1. The minimum Gasteiger partial charge on any atom is -0.480 e. The molecule has 1 aromatic carbocycles. The quantitative estimate of drug-likeness (QED) is 0.624. The number of benzene rings is 1. The predicted molar refractivity (Wildman–Crippen MR) is 104 cm³/mol. The summed E-state index contributed by atoms with van der Waals surface area (Å²) in [5.74, 6) is -1.66. The SMILES string of the molecule is CCCC(=O)N1CCCCC1C(=O)Nc1ccc(CC(=O)NCC(=O)O)cc1. The van der Waals surface area contributed by atoms with E-state index in [2.05, 4.69) is 10.6 Å². The molecule has 152 valence electrons. The van der Waals surface area contributed by atoms with Crippen LogP contribution in [0.1, 0.15) is 44.6 Å². The highest BCUT2D eigenvalue weighted by atomic mass is 16.4. The number of rotatable bonds is 8. The lowest BCUT2D eigenvalue weighted by Crippen LogP contribution is -2.49. The highest BCUT2D eigenvalue weighted by molar-refractivity contribution is 5.97. The average Bonchev–Trinajstić information content (AvgIpc) is 2.68. The van der Waals surface area contributed by atoms with Gasteiger partial charge < -0.3 is 20.6 Å². The largest absolute Gasteiger partial charge is 0.480 e. The highest BCUT2D eigenvalue weighted by Gasteiger charge is 2.31. The van der Waals surface area contributed by atoms with E-state index in [0.717, 1.165) is 19.3 Å². The molecule has 0 aromatic heterocycles. The third-order valence-corrected chi connectivity index (χ3v) is 4.61. The number of carboxylic acids is 1. The molecule has 1 heterocycles. The molecule has 0 radical (unpaired) electrons. The Kier molecular flexibility index (Phi) is 7.98. The average molecular weight is 389 g/mol. The van der Waals surface area contributed by atoms with E-state index in [4.69, 9.17) is 5.11 Å². The first-order valence-corrected chi connectivity index (χ1v) is 9.58. The van der Waals surface area contributed by atoms with E-state index in [1.54, 1.807) is 29.2 Å². The topological polar surface area (TPSA) is 116 Å². The number of nitrogens with one attached hydrogen (secondary N) is 2. The molecule has 0 spiro atoms. The number of anilines is 1. The van der Waals surface area contributed by atoms with Crippen molar-refractivity contribution in [2.45, 2.75) is 51.5 Å². The van der Waals surface area contributed by atoms with E-state index < -0.39 is 18.6 Å².